The average Bonchev–Trinajstić information content (AvgIpc) is 2.64. The molecular formula is C22H22O2. The van der Waals surface area contributed by atoms with Gasteiger partial charge in [0.2, 0.25) is 0 Å². The highest BCUT2D eigenvalue weighted by molar-refractivity contribution is 5.31. The van der Waals surface area contributed by atoms with Gasteiger partial charge in [-0.3, -0.25) is 0 Å². The number of terminal acetylenes is 2. The summed E-state index contributed by atoms with van der Waals surface area (Å²) in [6, 6.07) is 20.2. The van der Waals surface area contributed by atoms with Gasteiger partial charge < -0.3 is 9.84 Å². The Labute approximate surface area is 144 Å². The van der Waals surface area contributed by atoms with Crippen LogP contribution in [0.1, 0.15) is 11.1 Å². The summed E-state index contributed by atoms with van der Waals surface area (Å²) >= 11 is 0. The van der Waals surface area contributed by atoms with Crippen LogP contribution >= 0.6 is 0 Å². The molecule has 2 aromatic rings. The van der Waals surface area contributed by atoms with Gasteiger partial charge in [0.25, 0.3) is 0 Å². The van der Waals surface area contributed by atoms with Crippen molar-refractivity contribution in [3.05, 3.63) is 71.8 Å². The molecule has 2 nitrogen and oxygen atoms in total. The molecule has 0 atom stereocenters. The highest BCUT2D eigenvalue weighted by Crippen LogP contribution is 2.28. The van der Waals surface area contributed by atoms with E-state index >= 15 is 0 Å². The zero-order valence-electron chi connectivity index (χ0n) is 13.7. The highest BCUT2D eigenvalue weighted by Gasteiger charge is 2.36. The number of aliphatic hydroxyl groups excluding tert-OH is 1. The van der Waals surface area contributed by atoms with Crippen LogP contribution in [-0.2, 0) is 17.6 Å². The van der Waals surface area contributed by atoms with E-state index in [0.29, 0.717) is 12.8 Å². The minimum atomic E-state index is -1.14. The molecule has 0 aliphatic rings. The molecule has 0 aromatic heterocycles. The Hall–Kier alpha value is -2.52. The fraction of sp³-hybridized carbons (Fsp3) is 0.273. The van der Waals surface area contributed by atoms with Gasteiger partial charge in [0.15, 0.2) is 5.60 Å². The summed E-state index contributed by atoms with van der Waals surface area (Å²) in [4.78, 5) is 0. The molecule has 2 rings (SSSR count). The summed E-state index contributed by atoms with van der Waals surface area (Å²) in [5.74, 6) is 5.25. The molecule has 0 unspecified atom stereocenters. The Bertz CT molecular complexity index is 637. The number of hydrogen-bond acceptors (Lipinski definition) is 2. The molecule has 2 aromatic carbocycles. The van der Waals surface area contributed by atoms with Gasteiger partial charge in [-0.2, -0.15) is 0 Å². The van der Waals surface area contributed by atoms with Crippen molar-refractivity contribution in [3.8, 4) is 24.7 Å². The van der Waals surface area contributed by atoms with Crippen LogP contribution in [-0.4, -0.2) is 23.9 Å². The summed E-state index contributed by atoms with van der Waals surface area (Å²) in [7, 11) is 0. The van der Waals surface area contributed by atoms with Crippen molar-refractivity contribution in [2.75, 3.05) is 13.2 Å². The Morgan fingerprint density at radius 3 is 1.71 bits per heavy atom. The molecule has 0 aliphatic carbocycles. The maximum absolute atomic E-state index is 9.12. The molecule has 0 heterocycles. The molecular weight excluding hydrogens is 296 g/mol. The fourth-order valence-corrected chi connectivity index (χ4v) is 2.84. The lowest BCUT2D eigenvalue weighted by Crippen LogP contribution is -2.41. The van der Waals surface area contributed by atoms with E-state index in [1.807, 2.05) is 36.4 Å². The van der Waals surface area contributed by atoms with Crippen LogP contribution in [0, 0.1) is 30.6 Å². The molecule has 1 N–H and O–H groups in total. The van der Waals surface area contributed by atoms with Crippen LogP contribution in [0.5, 0.6) is 0 Å². The molecule has 0 saturated carbocycles. The van der Waals surface area contributed by atoms with E-state index in [0.717, 1.165) is 11.1 Å². The van der Waals surface area contributed by atoms with Crippen molar-refractivity contribution in [2.24, 2.45) is 5.92 Å². The van der Waals surface area contributed by atoms with Crippen LogP contribution in [0.3, 0.4) is 0 Å². The van der Waals surface area contributed by atoms with Gasteiger partial charge >= 0.3 is 0 Å². The first-order valence-corrected chi connectivity index (χ1v) is 8.02. The van der Waals surface area contributed by atoms with Crippen LogP contribution in [0.15, 0.2) is 60.7 Å². The first-order chi connectivity index (χ1) is 11.7. The van der Waals surface area contributed by atoms with Crippen LogP contribution in [0.2, 0.25) is 0 Å². The third-order valence-corrected chi connectivity index (χ3v) is 4.07. The zero-order chi connectivity index (χ0) is 17.3. The van der Waals surface area contributed by atoms with E-state index in [1.165, 1.54) is 0 Å². The predicted octanol–water partition coefficient (Wildman–Crippen LogP) is 3.10. The van der Waals surface area contributed by atoms with Crippen molar-refractivity contribution in [2.45, 2.75) is 18.4 Å². The summed E-state index contributed by atoms with van der Waals surface area (Å²) in [5, 5.41) is 9.12. The second-order valence-corrected chi connectivity index (χ2v) is 5.67. The first kappa shape index (κ1) is 17.8. The van der Waals surface area contributed by atoms with Crippen LogP contribution in [0.25, 0.3) is 0 Å². The van der Waals surface area contributed by atoms with E-state index in [1.54, 1.807) is 0 Å². The van der Waals surface area contributed by atoms with Gasteiger partial charge in [0.05, 0.1) is 13.2 Å². The largest absolute Gasteiger partial charge is 0.394 e. The minimum Gasteiger partial charge on any atom is -0.394 e. The van der Waals surface area contributed by atoms with Crippen molar-refractivity contribution >= 4 is 0 Å². The number of aliphatic hydroxyl groups is 1. The fourth-order valence-electron chi connectivity index (χ4n) is 2.84. The zero-order valence-corrected chi connectivity index (χ0v) is 13.7. The molecule has 0 bridgehead atoms. The third kappa shape index (κ3) is 4.49. The van der Waals surface area contributed by atoms with Crippen molar-refractivity contribution in [1.82, 2.24) is 0 Å². The number of benzene rings is 2. The number of hydrogen-bond donors (Lipinski definition) is 1. The van der Waals surface area contributed by atoms with Crippen LogP contribution < -0.4 is 0 Å². The lowest BCUT2D eigenvalue weighted by molar-refractivity contribution is -0.0170. The Kier molecular flexibility index (Phi) is 6.64. The normalized spacial score (nSPS) is 11.0. The summed E-state index contributed by atoms with van der Waals surface area (Å²) < 4.78 is 5.76. The first-order valence-electron chi connectivity index (χ1n) is 8.02. The van der Waals surface area contributed by atoms with Crippen LogP contribution in [0.4, 0.5) is 0 Å². The van der Waals surface area contributed by atoms with Gasteiger partial charge in [-0.1, -0.05) is 72.5 Å². The topological polar surface area (TPSA) is 29.5 Å². The third-order valence-electron chi connectivity index (χ3n) is 4.07. The van der Waals surface area contributed by atoms with Gasteiger partial charge in [0, 0.05) is 5.92 Å². The maximum atomic E-state index is 9.12. The van der Waals surface area contributed by atoms with E-state index < -0.39 is 5.60 Å². The van der Waals surface area contributed by atoms with Gasteiger partial charge in [0.1, 0.15) is 0 Å². The van der Waals surface area contributed by atoms with E-state index in [2.05, 4.69) is 36.1 Å². The van der Waals surface area contributed by atoms with E-state index in [9.17, 15) is 0 Å². The molecule has 122 valence electrons. The molecule has 0 fully saturated rings. The summed E-state index contributed by atoms with van der Waals surface area (Å²) in [5.41, 5.74) is 1.16. The lowest BCUT2D eigenvalue weighted by Gasteiger charge is -2.32. The van der Waals surface area contributed by atoms with Gasteiger partial charge in [-0.05, 0) is 24.0 Å². The molecule has 0 spiro atoms. The van der Waals surface area contributed by atoms with Gasteiger partial charge in [-0.15, -0.1) is 12.8 Å². The van der Waals surface area contributed by atoms with Crippen molar-refractivity contribution in [1.29, 1.82) is 0 Å². The van der Waals surface area contributed by atoms with E-state index in [-0.39, 0.29) is 19.1 Å². The highest BCUT2D eigenvalue weighted by atomic mass is 16.5. The SMILES string of the molecule is C#CC(C#C)(OCCO)C(Cc1ccccc1)Cc1ccccc1. The summed E-state index contributed by atoms with van der Waals surface area (Å²) in [6.07, 6.45) is 12.9. The van der Waals surface area contributed by atoms with E-state index in [4.69, 9.17) is 22.7 Å². The molecule has 24 heavy (non-hydrogen) atoms. The Morgan fingerprint density at radius 2 is 1.33 bits per heavy atom. The Balaban J connectivity index is 2.33. The Morgan fingerprint density at radius 1 is 0.875 bits per heavy atom. The second kappa shape index (κ2) is 8.94. The van der Waals surface area contributed by atoms with Crippen molar-refractivity contribution in [3.63, 3.8) is 0 Å². The maximum Gasteiger partial charge on any atom is 0.192 e. The second-order valence-electron chi connectivity index (χ2n) is 5.67. The smallest absolute Gasteiger partial charge is 0.192 e. The summed E-state index contributed by atoms with van der Waals surface area (Å²) in [6.45, 7) is 0.00296. The standard InChI is InChI=1S/C22H22O2/c1-3-22(4-2,24-16-15-23)21(17-19-11-7-5-8-12-19)18-20-13-9-6-10-14-20/h1-2,5-14,21,23H,15-18H2. The predicted molar refractivity (Wildman–Crippen MR) is 97.2 cm³/mol. The molecule has 0 radical (unpaired) electrons. The molecule has 0 amide bonds. The van der Waals surface area contributed by atoms with Gasteiger partial charge in [-0.25, -0.2) is 0 Å². The molecule has 2 heteroatoms. The lowest BCUT2D eigenvalue weighted by atomic mass is 9.79. The monoisotopic (exact) mass is 318 g/mol. The molecule has 0 saturated heterocycles. The van der Waals surface area contributed by atoms with Crippen molar-refractivity contribution < 1.29 is 9.84 Å². The molecule has 0 aliphatic heterocycles. The number of ether oxygens (including phenoxy) is 1. The average molecular weight is 318 g/mol. The minimum absolute atomic E-state index is 0.0937. The quantitative estimate of drug-likeness (QED) is 0.758. The number of rotatable bonds is 8.